The Morgan fingerprint density at radius 1 is 0.919 bits per heavy atom. The Labute approximate surface area is 215 Å². The molecule has 1 saturated heterocycles. The molecule has 3 aromatic carbocycles. The number of likely N-dealkylation sites (N-methyl/N-ethyl adjacent to an activating group) is 1. The van der Waals surface area contributed by atoms with Gasteiger partial charge in [-0.2, -0.15) is 0 Å². The molecule has 3 amide bonds. The summed E-state index contributed by atoms with van der Waals surface area (Å²) in [4.78, 5) is 34.0. The Bertz CT molecular complexity index is 1570. The van der Waals surface area contributed by atoms with Crippen molar-refractivity contribution in [3.63, 3.8) is 0 Å². The highest BCUT2D eigenvalue weighted by Gasteiger charge is 2.54. The normalized spacial score (nSPS) is 22.1. The van der Waals surface area contributed by atoms with Crippen LogP contribution in [-0.2, 0) is 37.0 Å². The molecule has 7 rings (SSSR count). The summed E-state index contributed by atoms with van der Waals surface area (Å²) in [5, 5.41) is 3.55. The number of amides is 3. The first-order valence-corrected chi connectivity index (χ1v) is 12.9. The summed E-state index contributed by atoms with van der Waals surface area (Å²) in [6, 6.07) is 28.0. The Morgan fingerprint density at radius 3 is 2.46 bits per heavy atom. The second kappa shape index (κ2) is 8.17. The lowest BCUT2D eigenvalue weighted by Crippen LogP contribution is -2.48. The van der Waals surface area contributed by atoms with Crippen LogP contribution in [0.1, 0.15) is 27.9 Å². The van der Waals surface area contributed by atoms with Crippen molar-refractivity contribution in [2.24, 2.45) is 0 Å². The fraction of sp³-hybridized carbons (Fsp3) is 0.258. The number of fused-ring (bicyclic) bond motifs is 3. The van der Waals surface area contributed by atoms with Gasteiger partial charge in [0.15, 0.2) is 0 Å². The van der Waals surface area contributed by atoms with Crippen LogP contribution in [0.5, 0.6) is 0 Å². The molecule has 4 aromatic rings. The zero-order valence-electron chi connectivity index (χ0n) is 20.8. The largest absolute Gasteiger partial charge is 0.362 e. The van der Waals surface area contributed by atoms with Crippen LogP contribution in [0.2, 0.25) is 0 Å². The molecule has 3 aliphatic rings. The number of nitrogens with one attached hydrogen (secondary N) is 1. The fourth-order valence-corrected chi connectivity index (χ4v) is 6.44. The number of hydrogen-bond donors (Lipinski definition) is 1. The van der Waals surface area contributed by atoms with E-state index in [2.05, 4.69) is 89.1 Å². The van der Waals surface area contributed by atoms with Crippen LogP contribution in [0.4, 0.5) is 10.5 Å². The monoisotopic (exact) mass is 488 g/mol. The van der Waals surface area contributed by atoms with E-state index in [1.807, 2.05) is 0 Å². The quantitative estimate of drug-likeness (QED) is 0.432. The van der Waals surface area contributed by atoms with Gasteiger partial charge in [-0.15, -0.1) is 0 Å². The Balaban J connectivity index is 1.20. The summed E-state index contributed by atoms with van der Waals surface area (Å²) in [6.45, 7) is 0.741. The predicted octanol–water partition coefficient (Wildman–Crippen LogP) is 4.43. The first-order chi connectivity index (χ1) is 18.0. The average molecular weight is 489 g/mol. The molecule has 37 heavy (non-hydrogen) atoms. The molecule has 1 aromatic heterocycles. The van der Waals surface area contributed by atoms with Crippen molar-refractivity contribution in [3.05, 3.63) is 107 Å². The number of anilines is 1. The first-order valence-electron chi connectivity index (χ1n) is 12.9. The third-order valence-electron chi connectivity index (χ3n) is 8.47. The van der Waals surface area contributed by atoms with E-state index in [4.69, 9.17) is 4.98 Å². The van der Waals surface area contributed by atoms with Gasteiger partial charge in [0.2, 0.25) is 0 Å². The fourth-order valence-electron chi connectivity index (χ4n) is 6.44. The van der Waals surface area contributed by atoms with Crippen LogP contribution in [0, 0.1) is 0 Å². The van der Waals surface area contributed by atoms with E-state index in [0.29, 0.717) is 18.9 Å². The molecule has 0 bridgehead atoms. The Morgan fingerprint density at radius 2 is 1.68 bits per heavy atom. The molecule has 0 radical (unpaired) electrons. The summed E-state index contributed by atoms with van der Waals surface area (Å²) >= 11 is 0. The van der Waals surface area contributed by atoms with Gasteiger partial charge in [0.25, 0.3) is 5.91 Å². The van der Waals surface area contributed by atoms with E-state index < -0.39 is 5.54 Å². The highest BCUT2D eigenvalue weighted by Crippen LogP contribution is 2.39. The molecule has 6 nitrogen and oxygen atoms in total. The zero-order valence-corrected chi connectivity index (χ0v) is 20.8. The van der Waals surface area contributed by atoms with Crippen LogP contribution >= 0.6 is 0 Å². The van der Waals surface area contributed by atoms with Gasteiger partial charge in [0.05, 0.1) is 17.8 Å². The van der Waals surface area contributed by atoms with Gasteiger partial charge < -0.3 is 9.80 Å². The number of aromatic nitrogens is 1. The van der Waals surface area contributed by atoms with E-state index in [-0.39, 0.29) is 11.9 Å². The van der Waals surface area contributed by atoms with Gasteiger partial charge in [-0.25, -0.2) is 4.79 Å². The number of para-hydroxylation sites is 1. The van der Waals surface area contributed by atoms with Crippen molar-refractivity contribution in [2.45, 2.75) is 43.8 Å². The minimum atomic E-state index is -0.816. The zero-order chi connectivity index (χ0) is 25.1. The minimum Gasteiger partial charge on any atom is -0.362 e. The third kappa shape index (κ3) is 3.50. The lowest BCUT2D eigenvalue weighted by molar-refractivity contribution is -0.125. The molecule has 1 spiro atoms. The van der Waals surface area contributed by atoms with Crippen molar-refractivity contribution >= 4 is 28.5 Å². The van der Waals surface area contributed by atoms with Gasteiger partial charge in [-0.05, 0) is 59.4 Å². The molecule has 1 N–H and O–H groups in total. The minimum absolute atomic E-state index is 0.203. The van der Waals surface area contributed by atoms with Crippen molar-refractivity contribution in [1.29, 1.82) is 0 Å². The van der Waals surface area contributed by atoms with E-state index in [1.54, 1.807) is 11.9 Å². The Kier molecular flexibility index (Phi) is 4.86. The first kappa shape index (κ1) is 22.0. The molecule has 1 fully saturated rings. The number of urea groups is 1. The van der Waals surface area contributed by atoms with Crippen LogP contribution in [0.3, 0.4) is 0 Å². The maximum atomic E-state index is 12.7. The summed E-state index contributed by atoms with van der Waals surface area (Å²) in [5.41, 5.74) is 7.40. The van der Waals surface area contributed by atoms with E-state index in [9.17, 15) is 9.59 Å². The second-order valence-electron chi connectivity index (χ2n) is 10.6. The highest BCUT2D eigenvalue weighted by atomic mass is 16.2. The number of hydrogen-bond acceptors (Lipinski definition) is 4. The molecule has 3 heterocycles. The summed E-state index contributed by atoms with van der Waals surface area (Å²) < 4.78 is 0. The van der Waals surface area contributed by atoms with Gasteiger partial charge in [-0.1, -0.05) is 54.6 Å². The molecule has 6 heteroatoms. The molecule has 2 aliphatic heterocycles. The lowest BCUT2D eigenvalue weighted by atomic mass is 9.95. The van der Waals surface area contributed by atoms with Crippen molar-refractivity contribution in [3.8, 4) is 0 Å². The van der Waals surface area contributed by atoms with Crippen molar-refractivity contribution in [1.82, 2.24) is 15.2 Å². The number of rotatable bonds is 4. The maximum Gasteiger partial charge on any atom is 0.324 e. The SMILES string of the molecule is CN1C(=O)NC(=O)C12Cc1cc3ccc(CN4c5ccccc5CC4Cc4ccccc4)nc3cc1C2. The summed E-state index contributed by atoms with van der Waals surface area (Å²) in [6.07, 6.45) is 3.09. The van der Waals surface area contributed by atoms with Crippen LogP contribution in [0.25, 0.3) is 10.9 Å². The Hall–Kier alpha value is -4.19. The van der Waals surface area contributed by atoms with E-state index in [0.717, 1.165) is 47.1 Å². The van der Waals surface area contributed by atoms with Crippen molar-refractivity contribution in [2.75, 3.05) is 11.9 Å². The number of carbonyl (C=O) groups is 2. The molecule has 2 atom stereocenters. The highest BCUT2D eigenvalue weighted by molar-refractivity contribution is 6.07. The average Bonchev–Trinajstić information content (AvgIpc) is 3.51. The second-order valence-corrected chi connectivity index (χ2v) is 10.6. The third-order valence-corrected chi connectivity index (χ3v) is 8.47. The van der Waals surface area contributed by atoms with Gasteiger partial charge in [0, 0.05) is 37.0 Å². The molecule has 0 saturated carbocycles. The molecule has 1 aliphatic carbocycles. The molecule has 2 unspecified atom stereocenters. The predicted molar refractivity (Wildman–Crippen MR) is 143 cm³/mol. The number of pyridine rings is 1. The van der Waals surface area contributed by atoms with Crippen molar-refractivity contribution < 1.29 is 9.59 Å². The van der Waals surface area contributed by atoms with Gasteiger partial charge in [0.1, 0.15) is 5.54 Å². The van der Waals surface area contributed by atoms with Crippen LogP contribution < -0.4 is 10.2 Å². The summed E-state index contributed by atoms with van der Waals surface area (Å²) in [7, 11) is 1.71. The van der Waals surface area contributed by atoms with Gasteiger partial charge >= 0.3 is 6.03 Å². The van der Waals surface area contributed by atoms with E-state index >= 15 is 0 Å². The number of carbonyl (C=O) groups excluding carboxylic acids is 2. The molecular weight excluding hydrogens is 460 g/mol. The molecular formula is C31H28N4O2. The smallest absolute Gasteiger partial charge is 0.324 e. The van der Waals surface area contributed by atoms with Gasteiger partial charge in [-0.3, -0.25) is 15.1 Å². The number of nitrogens with zero attached hydrogens (tertiary/aromatic N) is 3. The number of imide groups is 1. The van der Waals surface area contributed by atoms with Crippen LogP contribution in [0.15, 0.2) is 78.9 Å². The standard InChI is InChI=1S/C31H28N4O2/c1-34-30(37)33-29(36)31(34)17-23-14-21-11-12-25(32-27(21)16-24(23)18-31)19-35-26(13-20-7-3-2-4-8-20)15-22-9-5-6-10-28(22)35/h2-12,14,16,26H,13,15,17-19H2,1H3,(H,33,36,37). The lowest BCUT2D eigenvalue weighted by Gasteiger charge is -2.27. The maximum absolute atomic E-state index is 12.7. The van der Waals surface area contributed by atoms with E-state index in [1.165, 1.54) is 16.8 Å². The number of benzene rings is 3. The molecule has 184 valence electrons. The topological polar surface area (TPSA) is 65.5 Å². The van der Waals surface area contributed by atoms with Crippen LogP contribution in [-0.4, -0.2) is 40.5 Å². The summed E-state index contributed by atoms with van der Waals surface area (Å²) in [5.74, 6) is -0.203.